The highest BCUT2D eigenvalue weighted by Crippen LogP contribution is 2.10. The van der Waals surface area contributed by atoms with E-state index in [0.717, 1.165) is 0 Å². The van der Waals surface area contributed by atoms with E-state index in [4.69, 9.17) is 9.47 Å². The first-order valence-corrected chi connectivity index (χ1v) is 6.93. The maximum Gasteiger partial charge on any atom is 0.328 e. The molecule has 6 heteroatoms. The van der Waals surface area contributed by atoms with E-state index < -0.39 is 12.0 Å². The zero-order valence-corrected chi connectivity index (χ0v) is 13.1. The van der Waals surface area contributed by atoms with Gasteiger partial charge in [-0.05, 0) is 0 Å². The van der Waals surface area contributed by atoms with Gasteiger partial charge in [0.2, 0.25) is 5.91 Å². The number of nitrogens with zero attached hydrogens (tertiary/aromatic N) is 1. The third-order valence-electron chi connectivity index (χ3n) is 3.26. The van der Waals surface area contributed by atoms with E-state index in [1.165, 1.54) is 26.0 Å². The van der Waals surface area contributed by atoms with Crippen molar-refractivity contribution in [3.63, 3.8) is 0 Å². The molecule has 22 heavy (non-hydrogen) atoms. The Morgan fingerprint density at radius 1 is 1.14 bits per heavy atom. The van der Waals surface area contributed by atoms with E-state index in [2.05, 4.69) is 0 Å². The van der Waals surface area contributed by atoms with E-state index in [9.17, 15) is 14.4 Å². The van der Waals surface area contributed by atoms with Gasteiger partial charge in [0.05, 0.1) is 13.7 Å². The Hall–Kier alpha value is -2.21. The Labute approximate surface area is 130 Å². The summed E-state index contributed by atoms with van der Waals surface area (Å²) in [5.74, 6) is -1.16. The van der Waals surface area contributed by atoms with Gasteiger partial charge in [-0.2, -0.15) is 0 Å². The molecular weight excluding hydrogens is 286 g/mol. The number of ether oxygens (including phenoxy) is 2. The molecule has 0 saturated heterocycles. The minimum absolute atomic E-state index is 0.178. The van der Waals surface area contributed by atoms with E-state index >= 15 is 0 Å². The Morgan fingerprint density at radius 3 is 2.27 bits per heavy atom. The number of rotatable bonds is 8. The van der Waals surface area contributed by atoms with Crippen LogP contribution in [0.1, 0.15) is 23.7 Å². The van der Waals surface area contributed by atoms with Gasteiger partial charge >= 0.3 is 5.97 Å². The number of carbonyl (C=O) groups is 3. The molecule has 1 aromatic carbocycles. The zero-order chi connectivity index (χ0) is 16.5. The molecule has 0 aliphatic carbocycles. The largest absolute Gasteiger partial charge is 0.467 e. The number of methoxy groups -OCH3 is 2. The summed E-state index contributed by atoms with van der Waals surface area (Å²) in [5.41, 5.74) is 0.490. The lowest BCUT2D eigenvalue weighted by Crippen LogP contribution is -2.47. The van der Waals surface area contributed by atoms with E-state index in [0.29, 0.717) is 5.56 Å². The quantitative estimate of drug-likeness (QED) is 0.534. The molecule has 0 heterocycles. The minimum Gasteiger partial charge on any atom is -0.467 e. The van der Waals surface area contributed by atoms with Crippen LogP contribution in [0.15, 0.2) is 30.3 Å². The van der Waals surface area contributed by atoms with Crippen molar-refractivity contribution in [2.75, 3.05) is 27.4 Å². The Kier molecular flexibility index (Phi) is 7.25. The van der Waals surface area contributed by atoms with Crippen LogP contribution < -0.4 is 0 Å². The Bertz CT molecular complexity index is 515. The van der Waals surface area contributed by atoms with Gasteiger partial charge in [0, 0.05) is 32.6 Å². The number of hydrogen-bond donors (Lipinski definition) is 0. The lowest BCUT2D eigenvalue weighted by Gasteiger charge is -2.28. The van der Waals surface area contributed by atoms with Crippen molar-refractivity contribution in [2.24, 2.45) is 0 Å². The molecule has 0 bridgehead atoms. The summed E-state index contributed by atoms with van der Waals surface area (Å²) in [7, 11) is 2.75. The van der Waals surface area contributed by atoms with Gasteiger partial charge in [-0.15, -0.1) is 0 Å². The number of ketones is 1. The lowest BCUT2D eigenvalue weighted by atomic mass is 10.1. The van der Waals surface area contributed by atoms with Gasteiger partial charge in [0.1, 0.15) is 6.04 Å². The van der Waals surface area contributed by atoms with Crippen molar-refractivity contribution in [1.82, 2.24) is 4.90 Å². The zero-order valence-electron chi connectivity index (χ0n) is 13.1. The monoisotopic (exact) mass is 307 g/mol. The number of carbonyl (C=O) groups excluding carboxylic acids is 3. The summed E-state index contributed by atoms with van der Waals surface area (Å²) >= 11 is 0. The van der Waals surface area contributed by atoms with Gasteiger partial charge in [-0.1, -0.05) is 30.3 Å². The molecule has 1 atom stereocenters. The SMILES string of the molecule is COCCC(C(=O)OC)N(CC(=O)c1ccccc1)C(C)=O. The molecule has 0 aliphatic heterocycles. The minimum atomic E-state index is -0.838. The highest BCUT2D eigenvalue weighted by Gasteiger charge is 2.30. The Morgan fingerprint density at radius 2 is 1.77 bits per heavy atom. The van der Waals surface area contributed by atoms with Crippen LogP contribution in [0.5, 0.6) is 0 Å². The molecule has 0 saturated carbocycles. The average Bonchev–Trinajstić information content (AvgIpc) is 2.54. The number of benzene rings is 1. The number of hydrogen-bond acceptors (Lipinski definition) is 5. The summed E-state index contributed by atoms with van der Waals surface area (Å²) < 4.78 is 9.68. The first-order valence-electron chi connectivity index (χ1n) is 6.93. The maximum atomic E-state index is 12.3. The molecule has 0 fully saturated rings. The van der Waals surface area contributed by atoms with Crippen molar-refractivity contribution in [2.45, 2.75) is 19.4 Å². The summed E-state index contributed by atoms with van der Waals surface area (Å²) in [4.78, 5) is 37.3. The fourth-order valence-electron chi connectivity index (χ4n) is 2.08. The standard InChI is InChI=1S/C16H21NO5/c1-12(18)17(14(9-10-21-2)16(20)22-3)11-15(19)13-7-5-4-6-8-13/h4-8,14H,9-11H2,1-3H3. The topological polar surface area (TPSA) is 72.9 Å². The second-order valence-electron chi connectivity index (χ2n) is 4.76. The van der Waals surface area contributed by atoms with Gasteiger partial charge in [-0.25, -0.2) is 4.79 Å². The van der Waals surface area contributed by atoms with Crippen molar-refractivity contribution >= 4 is 17.7 Å². The molecule has 0 spiro atoms. The molecule has 0 N–H and O–H groups in total. The average molecular weight is 307 g/mol. The van der Waals surface area contributed by atoms with Gasteiger partial charge in [0.15, 0.2) is 5.78 Å². The van der Waals surface area contributed by atoms with Crippen LogP contribution in [0.4, 0.5) is 0 Å². The third kappa shape index (κ3) is 4.96. The predicted octanol–water partition coefficient (Wildman–Crippen LogP) is 1.30. The highest BCUT2D eigenvalue weighted by atomic mass is 16.5. The molecule has 1 aromatic rings. The van der Waals surface area contributed by atoms with Crippen LogP contribution in [0.25, 0.3) is 0 Å². The normalized spacial score (nSPS) is 11.6. The van der Waals surface area contributed by atoms with Gasteiger partial charge in [0.25, 0.3) is 0 Å². The molecule has 0 aliphatic rings. The molecule has 6 nitrogen and oxygen atoms in total. The van der Waals surface area contributed by atoms with Crippen LogP contribution >= 0.6 is 0 Å². The smallest absolute Gasteiger partial charge is 0.328 e. The van der Waals surface area contributed by atoms with Crippen LogP contribution in [0, 0.1) is 0 Å². The van der Waals surface area contributed by atoms with Crippen molar-refractivity contribution in [3.05, 3.63) is 35.9 Å². The summed E-state index contributed by atoms with van der Waals surface area (Å²) in [6.07, 6.45) is 0.269. The van der Waals surface area contributed by atoms with Crippen LogP contribution in [-0.2, 0) is 19.1 Å². The summed E-state index contributed by atoms with van der Waals surface area (Å²) in [6, 6.07) is 7.79. The molecule has 0 radical (unpaired) electrons. The fraction of sp³-hybridized carbons (Fsp3) is 0.438. The molecule has 120 valence electrons. The fourth-order valence-corrected chi connectivity index (χ4v) is 2.08. The first-order chi connectivity index (χ1) is 10.5. The van der Waals surface area contributed by atoms with Crippen molar-refractivity contribution in [1.29, 1.82) is 0 Å². The maximum absolute atomic E-state index is 12.3. The van der Waals surface area contributed by atoms with E-state index in [-0.39, 0.29) is 31.3 Å². The van der Waals surface area contributed by atoms with Gasteiger partial charge < -0.3 is 14.4 Å². The van der Waals surface area contributed by atoms with Crippen molar-refractivity contribution < 1.29 is 23.9 Å². The molecule has 1 unspecified atom stereocenters. The third-order valence-corrected chi connectivity index (χ3v) is 3.26. The van der Waals surface area contributed by atoms with Crippen LogP contribution in [-0.4, -0.2) is 56.0 Å². The number of Topliss-reactive ketones (excluding diaryl/α,β-unsaturated/α-hetero) is 1. The van der Waals surface area contributed by atoms with Crippen molar-refractivity contribution in [3.8, 4) is 0 Å². The van der Waals surface area contributed by atoms with Gasteiger partial charge in [-0.3, -0.25) is 9.59 Å². The summed E-state index contributed by atoms with van der Waals surface area (Å²) in [5, 5.41) is 0. The predicted molar refractivity (Wildman–Crippen MR) is 80.5 cm³/mol. The first kappa shape index (κ1) is 17.8. The second-order valence-corrected chi connectivity index (χ2v) is 4.76. The van der Waals surface area contributed by atoms with E-state index in [1.54, 1.807) is 30.3 Å². The lowest BCUT2D eigenvalue weighted by molar-refractivity contribution is -0.152. The van der Waals surface area contributed by atoms with E-state index in [1.807, 2.05) is 0 Å². The molecule has 0 aromatic heterocycles. The number of amides is 1. The Balaban J connectivity index is 2.92. The molecule has 1 amide bonds. The molecule has 1 rings (SSSR count). The second kappa shape index (κ2) is 8.94. The number of esters is 1. The molecular formula is C16H21NO5. The van der Waals surface area contributed by atoms with Crippen LogP contribution in [0.3, 0.4) is 0 Å². The van der Waals surface area contributed by atoms with Crippen LogP contribution in [0.2, 0.25) is 0 Å². The highest BCUT2D eigenvalue weighted by molar-refractivity contribution is 5.99. The summed E-state index contributed by atoms with van der Waals surface area (Å²) in [6.45, 7) is 1.42.